The molecule has 0 amide bonds. The summed E-state index contributed by atoms with van der Waals surface area (Å²) in [5, 5.41) is 0. The van der Waals surface area contributed by atoms with E-state index in [1.165, 1.54) is 6.20 Å². The molecule has 0 saturated carbocycles. The van der Waals surface area contributed by atoms with Gasteiger partial charge in [0.1, 0.15) is 11.6 Å². The normalized spacial score (nSPS) is 16.4. The van der Waals surface area contributed by atoms with E-state index in [1.54, 1.807) is 0 Å². The zero-order valence-electron chi connectivity index (χ0n) is 14.9. The Labute approximate surface area is 150 Å². The number of hydrogen-bond acceptors (Lipinski definition) is 4. The Morgan fingerprint density at radius 2 is 2.00 bits per heavy atom. The van der Waals surface area contributed by atoms with Gasteiger partial charge in [0.2, 0.25) is 0 Å². The molecule has 0 aliphatic carbocycles. The van der Waals surface area contributed by atoms with Crippen LogP contribution in [0, 0.1) is 5.92 Å². The van der Waals surface area contributed by atoms with E-state index in [4.69, 9.17) is 10.5 Å². The molecule has 8 heteroatoms. The third kappa shape index (κ3) is 4.00. The molecule has 3 rings (SSSR count). The predicted molar refractivity (Wildman–Crippen MR) is 92.5 cm³/mol. The van der Waals surface area contributed by atoms with E-state index >= 15 is 0 Å². The highest BCUT2D eigenvalue weighted by Crippen LogP contribution is 2.35. The molecule has 1 fully saturated rings. The van der Waals surface area contributed by atoms with Crippen LogP contribution < -0.4 is 5.73 Å². The molecular formula is C18H23F3N4O. The lowest BCUT2D eigenvalue weighted by molar-refractivity contribution is -0.137. The number of aromatic nitrogens is 3. The number of anilines is 1. The Balaban J connectivity index is 1.94. The summed E-state index contributed by atoms with van der Waals surface area (Å²) in [5.41, 5.74) is 5.27. The number of nitrogens with two attached hydrogens (primary N) is 1. The second kappa shape index (κ2) is 7.26. The van der Waals surface area contributed by atoms with Crippen LogP contribution in [0.4, 0.5) is 19.0 Å². The van der Waals surface area contributed by atoms with Crippen LogP contribution in [0.2, 0.25) is 0 Å². The van der Waals surface area contributed by atoms with Crippen molar-refractivity contribution in [2.75, 3.05) is 18.9 Å². The van der Waals surface area contributed by atoms with Crippen LogP contribution in [-0.4, -0.2) is 27.7 Å². The topological polar surface area (TPSA) is 66.0 Å². The van der Waals surface area contributed by atoms with Crippen molar-refractivity contribution in [3.8, 4) is 11.3 Å². The van der Waals surface area contributed by atoms with E-state index in [1.807, 2.05) is 20.0 Å². The Morgan fingerprint density at radius 1 is 1.31 bits per heavy atom. The van der Waals surface area contributed by atoms with Gasteiger partial charge in [-0.05, 0) is 24.8 Å². The van der Waals surface area contributed by atoms with E-state index < -0.39 is 17.6 Å². The van der Waals surface area contributed by atoms with Gasteiger partial charge in [-0.15, -0.1) is 0 Å². The summed E-state index contributed by atoms with van der Waals surface area (Å²) in [6, 6.07) is 1.02. The summed E-state index contributed by atoms with van der Waals surface area (Å²) >= 11 is 0. The zero-order chi connectivity index (χ0) is 18.9. The van der Waals surface area contributed by atoms with Crippen LogP contribution in [0.5, 0.6) is 0 Å². The fourth-order valence-electron chi connectivity index (χ4n) is 3.23. The van der Waals surface area contributed by atoms with Gasteiger partial charge >= 0.3 is 6.18 Å². The van der Waals surface area contributed by atoms with Crippen molar-refractivity contribution in [1.29, 1.82) is 0 Å². The fraction of sp³-hybridized carbons (Fsp3) is 0.556. The first-order valence-corrected chi connectivity index (χ1v) is 8.73. The molecule has 0 spiro atoms. The first kappa shape index (κ1) is 18.7. The number of hydrogen-bond donors (Lipinski definition) is 1. The number of alkyl halides is 3. The quantitative estimate of drug-likeness (QED) is 0.882. The predicted octanol–water partition coefficient (Wildman–Crippen LogP) is 4.10. The van der Waals surface area contributed by atoms with Gasteiger partial charge in [-0.1, -0.05) is 13.8 Å². The largest absolute Gasteiger partial charge is 0.419 e. The van der Waals surface area contributed by atoms with Gasteiger partial charge < -0.3 is 15.0 Å². The molecule has 2 N–H and O–H groups in total. The second-order valence-electron chi connectivity index (χ2n) is 7.00. The molecule has 0 aromatic carbocycles. The summed E-state index contributed by atoms with van der Waals surface area (Å²) < 4.78 is 46.8. The van der Waals surface area contributed by atoms with Gasteiger partial charge in [0.05, 0.1) is 11.3 Å². The molecule has 1 aliphatic heterocycles. The van der Waals surface area contributed by atoms with Gasteiger partial charge in [-0.3, -0.25) is 0 Å². The lowest BCUT2D eigenvalue weighted by atomic mass is 10.00. The van der Waals surface area contributed by atoms with Crippen molar-refractivity contribution in [3.63, 3.8) is 0 Å². The molecule has 3 heterocycles. The van der Waals surface area contributed by atoms with Gasteiger partial charge in [0.15, 0.2) is 0 Å². The third-order valence-electron chi connectivity index (χ3n) is 4.64. The molecule has 1 aliphatic rings. The number of ether oxygens (including phenoxy) is 1. The standard InChI is InChI=1S/C18H23F3N4O/c1-11(2)17-24-15(10-25(17)9-12-3-5-26-6-4-12)13-7-14(18(19,20)21)16(22)23-8-13/h7-8,10-12H,3-6,9H2,1-2H3,(H2,22,23). The average Bonchev–Trinajstić information content (AvgIpc) is 2.99. The molecule has 0 atom stereocenters. The number of imidazole rings is 1. The van der Waals surface area contributed by atoms with Crippen LogP contribution in [-0.2, 0) is 17.5 Å². The summed E-state index contributed by atoms with van der Waals surface area (Å²) in [5.74, 6) is 0.981. The second-order valence-corrected chi connectivity index (χ2v) is 7.00. The number of nitrogen functional groups attached to an aromatic ring is 1. The number of pyridine rings is 1. The number of halogens is 3. The highest BCUT2D eigenvalue weighted by atomic mass is 19.4. The van der Waals surface area contributed by atoms with E-state index in [0.717, 1.165) is 44.5 Å². The molecule has 0 bridgehead atoms. The van der Waals surface area contributed by atoms with Crippen molar-refractivity contribution in [1.82, 2.24) is 14.5 Å². The lowest BCUT2D eigenvalue weighted by Gasteiger charge is -2.23. The van der Waals surface area contributed by atoms with Crippen LogP contribution in [0.25, 0.3) is 11.3 Å². The van der Waals surface area contributed by atoms with Crippen molar-refractivity contribution in [2.24, 2.45) is 5.92 Å². The Morgan fingerprint density at radius 3 is 2.62 bits per heavy atom. The zero-order valence-corrected chi connectivity index (χ0v) is 14.9. The SMILES string of the molecule is CC(C)c1nc(-c2cnc(N)c(C(F)(F)F)c2)cn1CC1CCOCC1. The minimum Gasteiger partial charge on any atom is -0.383 e. The van der Waals surface area contributed by atoms with Crippen molar-refractivity contribution in [3.05, 3.63) is 29.8 Å². The smallest absolute Gasteiger partial charge is 0.383 e. The summed E-state index contributed by atoms with van der Waals surface area (Å²) in [6.07, 6.45) is 0.575. The highest BCUT2D eigenvalue weighted by molar-refractivity contribution is 5.62. The molecule has 0 radical (unpaired) electrons. The minimum absolute atomic E-state index is 0.160. The van der Waals surface area contributed by atoms with E-state index in [-0.39, 0.29) is 5.92 Å². The maximum absolute atomic E-state index is 13.1. The summed E-state index contributed by atoms with van der Waals surface area (Å²) in [7, 11) is 0. The maximum atomic E-state index is 13.1. The lowest BCUT2D eigenvalue weighted by Crippen LogP contribution is -2.21. The van der Waals surface area contributed by atoms with Gasteiger partial charge in [0.25, 0.3) is 0 Å². The molecular weight excluding hydrogens is 345 g/mol. The molecule has 0 unspecified atom stereocenters. The Bertz CT molecular complexity index is 764. The molecule has 2 aromatic heterocycles. The Hall–Kier alpha value is -2.09. The molecule has 1 saturated heterocycles. The van der Waals surface area contributed by atoms with Crippen LogP contribution >= 0.6 is 0 Å². The minimum atomic E-state index is -4.54. The van der Waals surface area contributed by atoms with Crippen LogP contribution in [0.1, 0.15) is 44.0 Å². The summed E-state index contributed by atoms with van der Waals surface area (Å²) in [4.78, 5) is 8.30. The fourth-order valence-corrected chi connectivity index (χ4v) is 3.23. The number of nitrogens with zero attached hydrogens (tertiary/aromatic N) is 3. The molecule has 142 valence electrons. The van der Waals surface area contributed by atoms with Crippen LogP contribution in [0.15, 0.2) is 18.5 Å². The number of rotatable bonds is 4. The van der Waals surface area contributed by atoms with Gasteiger partial charge in [-0.2, -0.15) is 13.2 Å². The van der Waals surface area contributed by atoms with Crippen LogP contribution in [0.3, 0.4) is 0 Å². The first-order chi connectivity index (χ1) is 12.3. The van der Waals surface area contributed by atoms with Gasteiger partial charge in [0, 0.05) is 43.6 Å². The van der Waals surface area contributed by atoms with E-state index in [9.17, 15) is 13.2 Å². The first-order valence-electron chi connectivity index (χ1n) is 8.73. The summed E-state index contributed by atoms with van der Waals surface area (Å²) in [6.45, 7) is 6.34. The molecule has 26 heavy (non-hydrogen) atoms. The van der Waals surface area contributed by atoms with E-state index in [2.05, 4.69) is 14.5 Å². The van der Waals surface area contributed by atoms with E-state index in [0.29, 0.717) is 17.2 Å². The Kier molecular flexibility index (Phi) is 5.22. The van der Waals surface area contributed by atoms with Crippen molar-refractivity contribution < 1.29 is 17.9 Å². The molecule has 2 aromatic rings. The van der Waals surface area contributed by atoms with Gasteiger partial charge in [-0.25, -0.2) is 9.97 Å². The maximum Gasteiger partial charge on any atom is 0.419 e. The third-order valence-corrected chi connectivity index (χ3v) is 4.64. The van der Waals surface area contributed by atoms with Crippen molar-refractivity contribution >= 4 is 5.82 Å². The highest BCUT2D eigenvalue weighted by Gasteiger charge is 2.34. The monoisotopic (exact) mass is 368 g/mol. The molecule has 5 nitrogen and oxygen atoms in total. The average molecular weight is 368 g/mol. The van der Waals surface area contributed by atoms with Crippen molar-refractivity contribution in [2.45, 2.75) is 45.3 Å².